The second-order valence-corrected chi connectivity index (χ2v) is 8.30. The quantitative estimate of drug-likeness (QED) is 0.431. The molecule has 7 nitrogen and oxygen atoms in total. The van der Waals surface area contributed by atoms with E-state index in [1.807, 2.05) is 60.9 Å². The van der Waals surface area contributed by atoms with Crippen LogP contribution in [-0.2, 0) is 11.3 Å². The van der Waals surface area contributed by atoms with Crippen molar-refractivity contribution >= 4 is 34.1 Å². The summed E-state index contributed by atoms with van der Waals surface area (Å²) in [5.74, 6) is 1.40. The molecule has 1 aromatic carbocycles. The van der Waals surface area contributed by atoms with Gasteiger partial charge in [-0.2, -0.15) is 0 Å². The summed E-state index contributed by atoms with van der Waals surface area (Å²) in [6.07, 6.45) is 1.60. The van der Waals surface area contributed by atoms with E-state index in [9.17, 15) is 4.79 Å². The fraction of sp³-hybridized carbons (Fsp3) is 0.200. The Morgan fingerprint density at radius 3 is 2.76 bits per heavy atom. The van der Waals surface area contributed by atoms with Crippen LogP contribution in [0.4, 0.5) is 5.13 Å². The summed E-state index contributed by atoms with van der Waals surface area (Å²) < 4.78 is 7.34. The van der Waals surface area contributed by atoms with Gasteiger partial charge in [-0.1, -0.05) is 42.1 Å². The zero-order valence-electron chi connectivity index (χ0n) is 16.0. The van der Waals surface area contributed by atoms with Crippen molar-refractivity contribution in [3.05, 3.63) is 53.6 Å². The van der Waals surface area contributed by atoms with Gasteiger partial charge in [-0.05, 0) is 26.0 Å². The molecular weight excluding hydrogens is 406 g/mol. The number of nitrogens with zero attached hydrogens (tertiary/aromatic N) is 4. The molecular formula is C20H19N5O2S2. The molecule has 29 heavy (non-hydrogen) atoms. The highest BCUT2D eigenvalue weighted by atomic mass is 32.2. The van der Waals surface area contributed by atoms with Crippen molar-refractivity contribution < 1.29 is 9.21 Å². The lowest BCUT2D eigenvalue weighted by Gasteiger charge is -2.05. The average Bonchev–Trinajstić information content (AvgIpc) is 3.46. The predicted molar refractivity (Wildman–Crippen MR) is 115 cm³/mol. The van der Waals surface area contributed by atoms with Crippen molar-refractivity contribution in [2.45, 2.75) is 25.5 Å². The zero-order chi connectivity index (χ0) is 20.2. The fourth-order valence-electron chi connectivity index (χ4n) is 2.87. The minimum absolute atomic E-state index is 0.131. The highest BCUT2D eigenvalue weighted by molar-refractivity contribution is 7.99. The van der Waals surface area contributed by atoms with Crippen LogP contribution >= 0.6 is 23.1 Å². The van der Waals surface area contributed by atoms with Gasteiger partial charge in [0.1, 0.15) is 0 Å². The predicted octanol–water partition coefficient (Wildman–Crippen LogP) is 4.72. The monoisotopic (exact) mass is 425 g/mol. The number of aromatic nitrogens is 4. The van der Waals surface area contributed by atoms with E-state index in [2.05, 4.69) is 20.5 Å². The first kappa shape index (κ1) is 19.4. The molecule has 9 heteroatoms. The molecule has 0 atom stereocenters. The van der Waals surface area contributed by atoms with Gasteiger partial charge in [0.2, 0.25) is 5.91 Å². The molecule has 0 saturated heterocycles. The molecule has 0 bridgehead atoms. The van der Waals surface area contributed by atoms with E-state index in [1.54, 1.807) is 6.26 Å². The van der Waals surface area contributed by atoms with Crippen LogP contribution in [0.25, 0.3) is 22.8 Å². The minimum Gasteiger partial charge on any atom is -0.461 e. The third kappa shape index (κ3) is 4.25. The number of nitrogens with one attached hydrogen (secondary N) is 1. The zero-order valence-corrected chi connectivity index (χ0v) is 17.6. The van der Waals surface area contributed by atoms with Crippen molar-refractivity contribution in [1.82, 2.24) is 19.7 Å². The van der Waals surface area contributed by atoms with Crippen molar-refractivity contribution in [3.8, 4) is 22.8 Å². The maximum absolute atomic E-state index is 12.4. The summed E-state index contributed by atoms with van der Waals surface area (Å²) in [5, 5.41) is 12.6. The van der Waals surface area contributed by atoms with Gasteiger partial charge in [-0.15, -0.1) is 21.5 Å². The Morgan fingerprint density at radius 2 is 2.03 bits per heavy atom. The number of benzene rings is 1. The van der Waals surface area contributed by atoms with Crippen LogP contribution in [0.1, 0.15) is 11.8 Å². The summed E-state index contributed by atoms with van der Waals surface area (Å²) in [5.41, 5.74) is 1.94. The Hall–Kier alpha value is -2.91. The molecule has 1 N–H and O–H groups in total. The average molecular weight is 426 g/mol. The molecule has 1 amide bonds. The van der Waals surface area contributed by atoms with Gasteiger partial charge in [0.05, 0.1) is 17.7 Å². The van der Waals surface area contributed by atoms with Gasteiger partial charge in [-0.25, -0.2) is 4.98 Å². The van der Waals surface area contributed by atoms with E-state index in [-0.39, 0.29) is 11.7 Å². The number of carbonyl (C=O) groups excluding carboxylic acids is 1. The Balaban J connectivity index is 1.41. The number of hydrogen-bond donors (Lipinski definition) is 1. The standard InChI is InChI=1S/C20H19N5O2S2/c1-3-25-18(15-10-7-11-27-15)23-24-20(25)28-12-16(26)21-19-22-17(13(2)29-19)14-8-5-4-6-9-14/h4-11H,3,12H2,1-2H3,(H,21,22,26). The summed E-state index contributed by atoms with van der Waals surface area (Å²) in [6, 6.07) is 13.6. The number of hydrogen-bond acceptors (Lipinski definition) is 7. The summed E-state index contributed by atoms with van der Waals surface area (Å²) in [4.78, 5) is 18.1. The molecule has 0 aliphatic heterocycles. The van der Waals surface area contributed by atoms with E-state index in [4.69, 9.17) is 4.42 Å². The third-order valence-electron chi connectivity index (χ3n) is 4.20. The van der Waals surface area contributed by atoms with Gasteiger partial charge < -0.3 is 9.73 Å². The minimum atomic E-state index is -0.131. The second kappa shape index (κ2) is 8.62. The van der Waals surface area contributed by atoms with Crippen molar-refractivity contribution in [1.29, 1.82) is 0 Å². The molecule has 0 saturated carbocycles. The van der Waals surface area contributed by atoms with E-state index in [0.717, 1.165) is 16.1 Å². The number of aryl methyl sites for hydroxylation is 1. The van der Waals surface area contributed by atoms with E-state index >= 15 is 0 Å². The normalized spacial score (nSPS) is 11.0. The van der Waals surface area contributed by atoms with Gasteiger partial charge in [0, 0.05) is 17.0 Å². The van der Waals surface area contributed by atoms with Crippen molar-refractivity contribution in [2.75, 3.05) is 11.1 Å². The molecule has 0 unspecified atom stereocenters. The lowest BCUT2D eigenvalue weighted by Crippen LogP contribution is -2.14. The molecule has 0 spiro atoms. The van der Waals surface area contributed by atoms with Crippen LogP contribution in [0.2, 0.25) is 0 Å². The maximum Gasteiger partial charge on any atom is 0.236 e. The van der Waals surface area contributed by atoms with E-state index in [0.29, 0.717) is 28.4 Å². The number of furan rings is 1. The van der Waals surface area contributed by atoms with Crippen LogP contribution < -0.4 is 5.32 Å². The third-order valence-corrected chi connectivity index (χ3v) is 6.05. The molecule has 3 aromatic heterocycles. The molecule has 148 valence electrons. The number of thioether (sulfide) groups is 1. The molecule has 4 aromatic rings. The highest BCUT2D eigenvalue weighted by Gasteiger charge is 2.17. The number of amides is 1. The fourth-order valence-corrected chi connectivity index (χ4v) is 4.52. The number of thiazole rings is 1. The summed E-state index contributed by atoms with van der Waals surface area (Å²) >= 11 is 2.81. The van der Waals surface area contributed by atoms with Crippen LogP contribution in [0.5, 0.6) is 0 Å². The second-order valence-electron chi connectivity index (χ2n) is 6.15. The van der Waals surface area contributed by atoms with Crippen molar-refractivity contribution in [2.24, 2.45) is 0 Å². The SMILES string of the molecule is CCn1c(SCC(=O)Nc2nc(-c3ccccc3)c(C)s2)nnc1-c1ccco1. The first-order chi connectivity index (χ1) is 14.2. The van der Waals surface area contributed by atoms with E-state index < -0.39 is 0 Å². The lowest BCUT2D eigenvalue weighted by atomic mass is 10.1. The molecule has 0 fully saturated rings. The number of rotatable bonds is 7. The van der Waals surface area contributed by atoms with Crippen LogP contribution in [0.15, 0.2) is 58.3 Å². The summed E-state index contributed by atoms with van der Waals surface area (Å²) in [6.45, 7) is 4.69. The topological polar surface area (TPSA) is 85.8 Å². The Kier molecular flexibility index (Phi) is 5.77. The molecule has 3 heterocycles. The van der Waals surface area contributed by atoms with Gasteiger partial charge >= 0.3 is 0 Å². The van der Waals surface area contributed by atoms with Crippen LogP contribution in [0.3, 0.4) is 0 Å². The largest absolute Gasteiger partial charge is 0.461 e. The smallest absolute Gasteiger partial charge is 0.236 e. The van der Waals surface area contributed by atoms with Crippen molar-refractivity contribution in [3.63, 3.8) is 0 Å². The maximum atomic E-state index is 12.4. The highest BCUT2D eigenvalue weighted by Crippen LogP contribution is 2.30. The van der Waals surface area contributed by atoms with Crippen LogP contribution in [0, 0.1) is 6.92 Å². The number of carbonyl (C=O) groups is 1. The van der Waals surface area contributed by atoms with E-state index in [1.165, 1.54) is 23.1 Å². The van der Waals surface area contributed by atoms with Gasteiger partial charge in [0.25, 0.3) is 0 Å². The molecule has 4 rings (SSSR count). The lowest BCUT2D eigenvalue weighted by molar-refractivity contribution is -0.113. The Bertz CT molecular complexity index is 1100. The number of anilines is 1. The first-order valence-electron chi connectivity index (χ1n) is 9.08. The molecule has 0 aliphatic carbocycles. The van der Waals surface area contributed by atoms with Gasteiger partial charge in [-0.3, -0.25) is 9.36 Å². The molecule has 0 radical (unpaired) electrons. The van der Waals surface area contributed by atoms with Crippen LogP contribution in [-0.4, -0.2) is 31.4 Å². The first-order valence-corrected chi connectivity index (χ1v) is 10.9. The molecule has 0 aliphatic rings. The summed E-state index contributed by atoms with van der Waals surface area (Å²) in [7, 11) is 0. The Morgan fingerprint density at radius 1 is 1.21 bits per heavy atom. The van der Waals surface area contributed by atoms with Gasteiger partial charge in [0.15, 0.2) is 21.9 Å². The Labute approximate surface area is 176 Å².